The molecule has 0 fully saturated rings. The molecule has 5 nitrogen and oxygen atoms in total. The zero-order valence-corrected chi connectivity index (χ0v) is 17.3. The fourth-order valence-corrected chi connectivity index (χ4v) is 3.74. The Kier molecular flexibility index (Phi) is 5.77. The van der Waals surface area contributed by atoms with Gasteiger partial charge in [-0.05, 0) is 42.7 Å². The first-order valence-corrected chi connectivity index (χ1v) is 9.97. The third kappa shape index (κ3) is 4.19. The maximum atomic E-state index is 13.9. The third-order valence-electron chi connectivity index (χ3n) is 5.18. The third-order valence-corrected chi connectivity index (χ3v) is 5.45. The van der Waals surface area contributed by atoms with Gasteiger partial charge in [0.15, 0.2) is 16.8 Å². The van der Waals surface area contributed by atoms with E-state index in [9.17, 15) is 4.39 Å². The number of hydrogen-bond donors (Lipinski definition) is 1. The largest absolute Gasteiger partial charge is 0.355 e. The lowest BCUT2D eigenvalue weighted by Gasteiger charge is -2.31. The van der Waals surface area contributed by atoms with Gasteiger partial charge in [0.2, 0.25) is 0 Å². The number of hydrogen-bond acceptors (Lipinski definition) is 5. The van der Waals surface area contributed by atoms with Crippen LogP contribution in [0, 0.1) is 5.82 Å². The molecule has 0 saturated carbocycles. The minimum absolute atomic E-state index is 0.399. The molecule has 7 heteroatoms. The molecule has 4 rings (SSSR count). The predicted octanol–water partition coefficient (Wildman–Crippen LogP) is 5.43. The number of nitrogens with zero attached hydrogens (tertiary/aromatic N) is 4. The number of benzene rings is 1. The number of aromatic nitrogens is 3. The molecule has 30 heavy (non-hydrogen) atoms. The van der Waals surface area contributed by atoms with Crippen molar-refractivity contribution in [2.75, 3.05) is 23.3 Å². The van der Waals surface area contributed by atoms with Gasteiger partial charge >= 0.3 is 0 Å². The first-order chi connectivity index (χ1) is 14.5. The Labute approximate surface area is 180 Å². The van der Waals surface area contributed by atoms with Gasteiger partial charge in [-0.15, -0.1) is 0 Å². The lowest BCUT2D eigenvalue weighted by molar-refractivity contribution is 0.617. The summed E-state index contributed by atoms with van der Waals surface area (Å²) in [4.78, 5) is 14.5. The van der Waals surface area contributed by atoms with Crippen molar-refractivity contribution in [1.29, 1.82) is 0 Å². The van der Waals surface area contributed by atoms with Crippen LogP contribution in [0.4, 0.5) is 15.9 Å². The molecule has 2 aromatic heterocycles. The zero-order chi connectivity index (χ0) is 21.1. The van der Waals surface area contributed by atoms with Crippen LogP contribution in [-0.4, -0.2) is 28.0 Å². The Morgan fingerprint density at radius 1 is 1.13 bits per heavy atom. The van der Waals surface area contributed by atoms with Crippen molar-refractivity contribution in [3.63, 3.8) is 0 Å². The van der Waals surface area contributed by atoms with Gasteiger partial charge < -0.3 is 10.2 Å². The van der Waals surface area contributed by atoms with E-state index < -0.39 is 5.82 Å². The topological polar surface area (TPSA) is 53.9 Å². The molecule has 3 heterocycles. The van der Waals surface area contributed by atoms with Crippen molar-refractivity contribution in [3.8, 4) is 0 Å². The fourth-order valence-electron chi connectivity index (χ4n) is 3.52. The number of rotatable bonds is 5. The van der Waals surface area contributed by atoms with E-state index in [-0.39, 0.29) is 0 Å². The van der Waals surface area contributed by atoms with Crippen LogP contribution in [0.3, 0.4) is 0 Å². The predicted molar refractivity (Wildman–Crippen MR) is 120 cm³/mol. The van der Waals surface area contributed by atoms with E-state index in [1.54, 1.807) is 24.7 Å². The standard InChI is InChI=1S/C23H21ClFN5/c1-15-8-12-30(23-22(24)27-10-11-28-23)14-20(15)17-3-5-18(6-4-17)29-16(2)19-7-9-26-13-21(19)25/h3-7,9-11,13,29H,2,8,12,14H2,1H3. The highest BCUT2D eigenvalue weighted by Gasteiger charge is 2.21. The van der Waals surface area contributed by atoms with Crippen LogP contribution in [-0.2, 0) is 0 Å². The average molecular weight is 422 g/mol. The minimum Gasteiger partial charge on any atom is -0.355 e. The van der Waals surface area contributed by atoms with Gasteiger partial charge in [0, 0.05) is 48.6 Å². The Morgan fingerprint density at radius 2 is 1.90 bits per heavy atom. The molecule has 0 amide bonds. The van der Waals surface area contributed by atoms with Crippen LogP contribution in [0.15, 0.2) is 67.3 Å². The van der Waals surface area contributed by atoms with Crippen LogP contribution in [0.25, 0.3) is 11.3 Å². The number of halogens is 2. The van der Waals surface area contributed by atoms with Gasteiger partial charge in [-0.1, -0.05) is 35.9 Å². The molecule has 152 valence electrons. The van der Waals surface area contributed by atoms with Crippen molar-refractivity contribution in [1.82, 2.24) is 15.0 Å². The second-order valence-corrected chi connectivity index (χ2v) is 7.50. The summed E-state index contributed by atoms with van der Waals surface area (Å²) in [6, 6.07) is 9.64. The van der Waals surface area contributed by atoms with E-state index in [1.807, 2.05) is 12.1 Å². The summed E-state index contributed by atoms with van der Waals surface area (Å²) in [6.07, 6.45) is 6.90. The smallest absolute Gasteiger partial charge is 0.171 e. The Hall–Kier alpha value is -3.25. The molecule has 0 atom stereocenters. The molecule has 0 unspecified atom stereocenters. The van der Waals surface area contributed by atoms with Crippen molar-refractivity contribution in [2.24, 2.45) is 0 Å². The highest BCUT2D eigenvalue weighted by atomic mass is 35.5. The zero-order valence-electron chi connectivity index (χ0n) is 16.6. The van der Waals surface area contributed by atoms with Crippen LogP contribution < -0.4 is 10.2 Å². The number of anilines is 2. The summed E-state index contributed by atoms with van der Waals surface area (Å²) in [5, 5.41) is 3.57. The monoisotopic (exact) mass is 421 g/mol. The Bertz CT molecular complexity index is 1110. The van der Waals surface area contributed by atoms with E-state index in [2.05, 4.69) is 50.8 Å². The molecule has 0 bridgehead atoms. The second kappa shape index (κ2) is 8.63. The second-order valence-electron chi connectivity index (χ2n) is 7.14. The first kappa shape index (κ1) is 20.0. The van der Waals surface area contributed by atoms with Gasteiger partial charge in [0.1, 0.15) is 0 Å². The van der Waals surface area contributed by atoms with Crippen LogP contribution in [0.1, 0.15) is 24.5 Å². The van der Waals surface area contributed by atoms with Crippen LogP contribution >= 0.6 is 11.6 Å². The maximum absolute atomic E-state index is 13.9. The van der Waals surface area contributed by atoms with Crippen molar-refractivity contribution < 1.29 is 4.39 Å². The minimum atomic E-state index is -0.405. The lowest BCUT2D eigenvalue weighted by atomic mass is 9.95. The molecule has 0 spiro atoms. The quantitative estimate of drug-likeness (QED) is 0.595. The van der Waals surface area contributed by atoms with Crippen LogP contribution in [0.2, 0.25) is 5.15 Å². The normalized spacial score (nSPS) is 14.0. The number of nitrogens with one attached hydrogen (secondary N) is 1. The molecule has 1 N–H and O–H groups in total. The summed E-state index contributed by atoms with van der Waals surface area (Å²) in [7, 11) is 0. The molecular formula is C23H21ClFN5. The van der Waals surface area contributed by atoms with E-state index in [1.165, 1.54) is 17.3 Å². The van der Waals surface area contributed by atoms with Gasteiger partial charge in [0.05, 0.1) is 6.20 Å². The summed E-state index contributed by atoms with van der Waals surface area (Å²) in [5.74, 6) is 0.301. The van der Waals surface area contributed by atoms with E-state index in [0.717, 1.165) is 24.2 Å². The molecule has 1 aliphatic rings. The molecular weight excluding hydrogens is 401 g/mol. The molecule has 0 radical (unpaired) electrons. The fraction of sp³-hybridized carbons (Fsp3) is 0.174. The SMILES string of the molecule is C=C(Nc1ccc(C2=C(C)CCN(c3nccnc3Cl)C2)cc1)c1ccncc1F. The maximum Gasteiger partial charge on any atom is 0.171 e. The molecule has 0 saturated heterocycles. The number of pyridine rings is 1. The van der Waals surface area contributed by atoms with Crippen LogP contribution in [0.5, 0.6) is 0 Å². The molecule has 1 aromatic carbocycles. The van der Waals surface area contributed by atoms with Crippen molar-refractivity contribution >= 4 is 34.4 Å². The summed E-state index contributed by atoms with van der Waals surface area (Å²) in [5.41, 5.74) is 5.44. The van der Waals surface area contributed by atoms with E-state index in [4.69, 9.17) is 11.6 Å². The van der Waals surface area contributed by atoms with Crippen molar-refractivity contribution in [2.45, 2.75) is 13.3 Å². The summed E-state index contributed by atoms with van der Waals surface area (Å²) in [6.45, 7) is 7.66. The first-order valence-electron chi connectivity index (χ1n) is 9.59. The highest BCUT2D eigenvalue weighted by molar-refractivity contribution is 6.31. The lowest BCUT2D eigenvalue weighted by Crippen LogP contribution is -2.31. The van der Waals surface area contributed by atoms with E-state index in [0.29, 0.717) is 28.8 Å². The van der Waals surface area contributed by atoms with Gasteiger partial charge in [0.25, 0.3) is 0 Å². The van der Waals surface area contributed by atoms with E-state index >= 15 is 0 Å². The van der Waals surface area contributed by atoms with Gasteiger partial charge in [-0.25, -0.2) is 14.4 Å². The average Bonchev–Trinajstić information content (AvgIpc) is 2.75. The summed E-state index contributed by atoms with van der Waals surface area (Å²) < 4.78 is 13.9. The van der Waals surface area contributed by atoms with Crippen molar-refractivity contribution in [3.05, 3.63) is 89.4 Å². The Morgan fingerprint density at radius 3 is 2.63 bits per heavy atom. The Balaban J connectivity index is 1.51. The molecule has 1 aliphatic heterocycles. The highest BCUT2D eigenvalue weighted by Crippen LogP contribution is 2.31. The molecule has 3 aromatic rings. The molecule has 0 aliphatic carbocycles. The van der Waals surface area contributed by atoms with Gasteiger partial charge in [-0.2, -0.15) is 0 Å². The van der Waals surface area contributed by atoms with Gasteiger partial charge in [-0.3, -0.25) is 4.98 Å². The summed E-state index contributed by atoms with van der Waals surface area (Å²) >= 11 is 6.24.